The first-order chi connectivity index (χ1) is 9.36. The van der Waals surface area contributed by atoms with Crippen molar-refractivity contribution in [3.63, 3.8) is 0 Å². The van der Waals surface area contributed by atoms with Gasteiger partial charge in [0.25, 0.3) is 0 Å². The van der Waals surface area contributed by atoms with Gasteiger partial charge in [0.2, 0.25) is 0 Å². The van der Waals surface area contributed by atoms with Crippen molar-refractivity contribution < 1.29 is 0 Å². The van der Waals surface area contributed by atoms with E-state index in [9.17, 15) is 0 Å². The lowest BCUT2D eigenvalue weighted by atomic mass is 10.1. The summed E-state index contributed by atoms with van der Waals surface area (Å²) in [5.74, 6) is 0.951. The Morgan fingerprint density at radius 3 is 2.68 bits per heavy atom. The summed E-state index contributed by atoms with van der Waals surface area (Å²) in [6.07, 6.45) is 6.67. The van der Waals surface area contributed by atoms with Crippen molar-refractivity contribution in [1.82, 2.24) is 5.32 Å². The second-order valence-electron chi connectivity index (χ2n) is 6.11. The largest absolute Gasteiger partial charge is 0.369 e. The van der Waals surface area contributed by atoms with Crippen LogP contribution in [0.2, 0.25) is 0 Å². The van der Waals surface area contributed by atoms with Gasteiger partial charge in [0, 0.05) is 31.4 Å². The maximum Gasteiger partial charge on any atom is 0.0367 e. The van der Waals surface area contributed by atoms with Crippen LogP contribution in [0.4, 0.5) is 5.69 Å². The Balaban J connectivity index is 1.61. The highest BCUT2D eigenvalue weighted by molar-refractivity contribution is 5.48. The first-order valence-electron chi connectivity index (χ1n) is 7.94. The smallest absolute Gasteiger partial charge is 0.0367 e. The quantitative estimate of drug-likeness (QED) is 0.872. The van der Waals surface area contributed by atoms with E-state index in [4.69, 9.17) is 0 Å². The van der Waals surface area contributed by atoms with Gasteiger partial charge in [-0.15, -0.1) is 0 Å². The SMILES string of the molecule is CCCCc1ccc(N2CCNC(C3CC3)C2)cc1. The fourth-order valence-electron chi connectivity index (χ4n) is 3.08. The van der Waals surface area contributed by atoms with Gasteiger partial charge in [0.1, 0.15) is 0 Å². The van der Waals surface area contributed by atoms with Crippen LogP contribution in [0.15, 0.2) is 24.3 Å². The zero-order valence-corrected chi connectivity index (χ0v) is 12.1. The van der Waals surface area contributed by atoms with Gasteiger partial charge in [-0.3, -0.25) is 0 Å². The highest BCUT2D eigenvalue weighted by atomic mass is 15.2. The normalized spacial score (nSPS) is 23.6. The van der Waals surface area contributed by atoms with E-state index in [1.165, 1.54) is 49.9 Å². The summed E-state index contributed by atoms with van der Waals surface area (Å²) >= 11 is 0. The number of hydrogen-bond acceptors (Lipinski definition) is 2. The summed E-state index contributed by atoms with van der Waals surface area (Å²) in [5, 5.41) is 3.68. The van der Waals surface area contributed by atoms with Crippen LogP contribution in [-0.2, 0) is 6.42 Å². The third kappa shape index (κ3) is 3.30. The van der Waals surface area contributed by atoms with Crippen molar-refractivity contribution in [1.29, 1.82) is 0 Å². The molecule has 3 rings (SSSR count). The highest BCUT2D eigenvalue weighted by Crippen LogP contribution is 2.34. The number of hydrogen-bond donors (Lipinski definition) is 1. The Morgan fingerprint density at radius 2 is 2.00 bits per heavy atom. The molecule has 1 atom stereocenters. The number of nitrogens with one attached hydrogen (secondary N) is 1. The minimum Gasteiger partial charge on any atom is -0.369 e. The molecule has 0 aromatic heterocycles. The summed E-state index contributed by atoms with van der Waals surface area (Å²) < 4.78 is 0. The predicted molar refractivity (Wildman–Crippen MR) is 81.8 cm³/mol. The molecule has 1 aliphatic heterocycles. The lowest BCUT2D eigenvalue weighted by Gasteiger charge is -2.35. The minimum atomic E-state index is 0.730. The number of aryl methyl sites for hydroxylation is 1. The molecule has 1 N–H and O–H groups in total. The number of piperazine rings is 1. The maximum atomic E-state index is 3.68. The predicted octanol–water partition coefficient (Wildman–Crippen LogP) is 3.22. The van der Waals surface area contributed by atoms with Crippen LogP contribution in [0.1, 0.15) is 38.2 Å². The topological polar surface area (TPSA) is 15.3 Å². The molecule has 1 aromatic rings. The molecule has 2 aliphatic rings. The van der Waals surface area contributed by atoms with Gasteiger partial charge in [-0.2, -0.15) is 0 Å². The summed E-state index contributed by atoms with van der Waals surface area (Å²) in [7, 11) is 0. The Hall–Kier alpha value is -1.02. The van der Waals surface area contributed by atoms with E-state index < -0.39 is 0 Å². The standard InChI is InChI=1S/C17H26N2/c1-2-3-4-14-5-9-16(10-6-14)19-12-11-18-17(13-19)15-7-8-15/h5-6,9-10,15,17-18H,2-4,7-8,11-13H2,1H3. The molecule has 2 fully saturated rings. The molecular formula is C17H26N2. The van der Waals surface area contributed by atoms with Crippen molar-refractivity contribution in [2.75, 3.05) is 24.5 Å². The molecule has 0 spiro atoms. The molecule has 0 amide bonds. The van der Waals surface area contributed by atoms with Gasteiger partial charge in [0.05, 0.1) is 0 Å². The Labute approximate surface area is 117 Å². The van der Waals surface area contributed by atoms with Crippen LogP contribution in [0, 0.1) is 5.92 Å². The van der Waals surface area contributed by atoms with Gasteiger partial charge in [0.15, 0.2) is 0 Å². The third-order valence-corrected chi connectivity index (χ3v) is 4.52. The molecule has 19 heavy (non-hydrogen) atoms. The van der Waals surface area contributed by atoms with Crippen molar-refractivity contribution in [3.8, 4) is 0 Å². The van der Waals surface area contributed by atoms with Gasteiger partial charge >= 0.3 is 0 Å². The van der Waals surface area contributed by atoms with E-state index in [-0.39, 0.29) is 0 Å². The molecule has 1 heterocycles. The van der Waals surface area contributed by atoms with E-state index in [1.807, 2.05) is 0 Å². The van der Waals surface area contributed by atoms with Crippen molar-refractivity contribution >= 4 is 5.69 Å². The second kappa shape index (κ2) is 5.96. The zero-order valence-electron chi connectivity index (χ0n) is 12.1. The van der Waals surface area contributed by atoms with Crippen molar-refractivity contribution in [2.45, 2.75) is 45.1 Å². The van der Waals surface area contributed by atoms with E-state index >= 15 is 0 Å². The van der Waals surface area contributed by atoms with E-state index in [1.54, 1.807) is 0 Å². The summed E-state index contributed by atoms with van der Waals surface area (Å²) in [6.45, 7) is 5.74. The molecule has 1 aromatic carbocycles. The summed E-state index contributed by atoms with van der Waals surface area (Å²) in [4.78, 5) is 2.56. The van der Waals surface area contributed by atoms with Crippen LogP contribution in [0.3, 0.4) is 0 Å². The third-order valence-electron chi connectivity index (χ3n) is 4.52. The Morgan fingerprint density at radius 1 is 1.21 bits per heavy atom. The lowest BCUT2D eigenvalue weighted by Crippen LogP contribution is -2.51. The lowest BCUT2D eigenvalue weighted by molar-refractivity contribution is 0.419. The minimum absolute atomic E-state index is 0.730. The molecule has 104 valence electrons. The van der Waals surface area contributed by atoms with Crippen LogP contribution in [-0.4, -0.2) is 25.7 Å². The summed E-state index contributed by atoms with van der Waals surface area (Å²) in [5.41, 5.74) is 2.90. The monoisotopic (exact) mass is 258 g/mol. The van der Waals surface area contributed by atoms with Crippen molar-refractivity contribution in [3.05, 3.63) is 29.8 Å². The molecule has 1 unspecified atom stereocenters. The first-order valence-corrected chi connectivity index (χ1v) is 7.94. The molecule has 2 nitrogen and oxygen atoms in total. The van der Waals surface area contributed by atoms with Crippen LogP contribution >= 0.6 is 0 Å². The summed E-state index contributed by atoms with van der Waals surface area (Å²) in [6, 6.07) is 10.0. The van der Waals surface area contributed by atoms with Crippen LogP contribution in [0.5, 0.6) is 0 Å². The van der Waals surface area contributed by atoms with Gasteiger partial charge < -0.3 is 10.2 Å². The number of unbranched alkanes of at least 4 members (excludes halogenated alkanes) is 1. The maximum absolute atomic E-state index is 3.68. The zero-order chi connectivity index (χ0) is 13.1. The average Bonchev–Trinajstić information content (AvgIpc) is 3.30. The highest BCUT2D eigenvalue weighted by Gasteiger charge is 2.33. The Kier molecular flexibility index (Phi) is 4.07. The molecule has 1 saturated carbocycles. The number of benzene rings is 1. The van der Waals surface area contributed by atoms with E-state index in [0.29, 0.717) is 0 Å². The molecule has 0 radical (unpaired) electrons. The average molecular weight is 258 g/mol. The number of nitrogens with zero attached hydrogens (tertiary/aromatic N) is 1. The fourth-order valence-corrected chi connectivity index (χ4v) is 3.08. The molecule has 1 saturated heterocycles. The molecule has 2 heteroatoms. The number of rotatable bonds is 5. The van der Waals surface area contributed by atoms with Gasteiger partial charge in [-0.1, -0.05) is 25.5 Å². The molecule has 0 bridgehead atoms. The van der Waals surface area contributed by atoms with Crippen LogP contribution < -0.4 is 10.2 Å². The van der Waals surface area contributed by atoms with Crippen molar-refractivity contribution in [2.24, 2.45) is 5.92 Å². The number of anilines is 1. The fraction of sp³-hybridized carbons (Fsp3) is 0.647. The Bertz CT molecular complexity index is 394. The van der Waals surface area contributed by atoms with Gasteiger partial charge in [-0.25, -0.2) is 0 Å². The van der Waals surface area contributed by atoms with E-state index in [2.05, 4.69) is 41.4 Å². The van der Waals surface area contributed by atoms with Gasteiger partial charge in [-0.05, 0) is 49.3 Å². The van der Waals surface area contributed by atoms with Crippen LogP contribution in [0.25, 0.3) is 0 Å². The molecular weight excluding hydrogens is 232 g/mol. The molecule has 1 aliphatic carbocycles. The second-order valence-corrected chi connectivity index (χ2v) is 6.11. The van der Waals surface area contributed by atoms with E-state index in [0.717, 1.165) is 25.0 Å². The first kappa shape index (κ1) is 13.0.